The molecule has 2 aromatic heterocycles. The number of aryl methyl sites for hydroxylation is 1. The highest BCUT2D eigenvalue weighted by Gasteiger charge is 2.30. The maximum atomic E-state index is 5.74. The molecule has 0 spiro atoms. The average Bonchev–Trinajstić information content (AvgIpc) is 3.13. The van der Waals surface area contributed by atoms with Crippen LogP contribution >= 0.6 is 0 Å². The molecule has 28 heavy (non-hydrogen) atoms. The lowest BCUT2D eigenvalue weighted by Gasteiger charge is -2.28. The van der Waals surface area contributed by atoms with E-state index in [2.05, 4.69) is 79.0 Å². The average molecular weight is 389 g/mol. The smallest absolute Gasteiger partial charge is 0.215 e. The van der Waals surface area contributed by atoms with Crippen molar-refractivity contribution in [1.29, 1.82) is 0 Å². The first-order valence-corrected chi connectivity index (χ1v) is 10.5. The van der Waals surface area contributed by atoms with E-state index in [1.165, 1.54) is 11.3 Å². The van der Waals surface area contributed by atoms with Crippen LogP contribution in [0.25, 0.3) is 0 Å². The third-order valence-corrected chi connectivity index (χ3v) is 5.85. The minimum absolute atomic E-state index is 0.0161. The van der Waals surface area contributed by atoms with Gasteiger partial charge in [0.05, 0.1) is 25.0 Å². The molecule has 0 aromatic carbocycles. The minimum atomic E-state index is 0.0161. The lowest BCUT2D eigenvalue weighted by Crippen LogP contribution is -2.22. The molecule has 0 saturated carbocycles. The molecule has 0 fully saturated rings. The Bertz CT molecular complexity index is 805. The fourth-order valence-corrected chi connectivity index (χ4v) is 4.35. The van der Waals surface area contributed by atoms with Crippen LogP contribution < -0.4 is 4.74 Å². The van der Waals surface area contributed by atoms with Gasteiger partial charge in [0.1, 0.15) is 0 Å². The van der Waals surface area contributed by atoms with Crippen molar-refractivity contribution >= 4 is 0 Å². The number of aromatic nitrogens is 4. The Hall–Kier alpha value is -1.78. The van der Waals surface area contributed by atoms with Crippen molar-refractivity contribution in [1.82, 2.24) is 19.6 Å². The molecule has 158 valence electrons. The lowest BCUT2D eigenvalue weighted by molar-refractivity contribution is 0.307. The van der Waals surface area contributed by atoms with Gasteiger partial charge < -0.3 is 4.74 Å². The van der Waals surface area contributed by atoms with E-state index in [0.717, 1.165) is 30.0 Å². The quantitative estimate of drug-likeness (QED) is 0.593. The minimum Gasteiger partial charge on any atom is -0.481 e. The van der Waals surface area contributed by atoms with E-state index < -0.39 is 0 Å². The van der Waals surface area contributed by atoms with Crippen molar-refractivity contribution in [3.05, 3.63) is 28.7 Å². The summed E-state index contributed by atoms with van der Waals surface area (Å²) in [6.45, 7) is 22.2. The molecule has 5 heteroatoms. The Morgan fingerprint density at radius 3 is 2.11 bits per heavy atom. The molecule has 0 amide bonds. The number of hydrogen-bond acceptors (Lipinski definition) is 3. The first-order valence-electron chi connectivity index (χ1n) is 10.5. The number of methoxy groups -OCH3 is 1. The van der Waals surface area contributed by atoms with Gasteiger partial charge in [-0.3, -0.25) is 4.68 Å². The Morgan fingerprint density at radius 1 is 1.04 bits per heavy atom. The van der Waals surface area contributed by atoms with Crippen molar-refractivity contribution in [2.24, 2.45) is 0 Å². The molecule has 0 bridgehead atoms. The molecular weight excluding hydrogens is 348 g/mol. The zero-order valence-corrected chi connectivity index (χ0v) is 19.8. The van der Waals surface area contributed by atoms with Gasteiger partial charge in [0.25, 0.3) is 0 Å². The van der Waals surface area contributed by atoms with Crippen LogP contribution in [-0.2, 0) is 10.8 Å². The molecule has 1 unspecified atom stereocenters. The Balaban J connectivity index is 2.23. The summed E-state index contributed by atoms with van der Waals surface area (Å²) in [6.07, 6.45) is 4.05. The molecule has 0 aliphatic rings. The van der Waals surface area contributed by atoms with Crippen molar-refractivity contribution in [2.75, 3.05) is 7.11 Å². The summed E-state index contributed by atoms with van der Waals surface area (Å²) in [5.41, 5.74) is 5.06. The number of nitrogens with zero attached hydrogens (tertiary/aromatic N) is 4. The fraction of sp³-hybridized carbons (Fsp3) is 0.739. The number of ether oxygens (including phenoxy) is 1. The molecule has 0 saturated heterocycles. The van der Waals surface area contributed by atoms with Gasteiger partial charge in [0, 0.05) is 22.9 Å². The van der Waals surface area contributed by atoms with Crippen molar-refractivity contribution < 1.29 is 4.74 Å². The Morgan fingerprint density at radius 2 is 1.64 bits per heavy atom. The van der Waals surface area contributed by atoms with Crippen molar-refractivity contribution in [2.45, 2.75) is 105 Å². The maximum absolute atomic E-state index is 5.74. The summed E-state index contributed by atoms with van der Waals surface area (Å²) in [7, 11) is 1.74. The second kappa shape index (κ2) is 7.92. The highest BCUT2D eigenvalue weighted by molar-refractivity contribution is 5.33. The second-order valence-corrected chi connectivity index (χ2v) is 10.1. The summed E-state index contributed by atoms with van der Waals surface area (Å²) in [6, 6.07) is 0.650. The Labute approximate surface area is 171 Å². The molecule has 0 aliphatic carbocycles. The zero-order valence-electron chi connectivity index (χ0n) is 19.8. The largest absolute Gasteiger partial charge is 0.481 e. The summed E-state index contributed by atoms with van der Waals surface area (Å²) in [5, 5.41) is 9.46. The first kappa shape index (κ1) is 22.5. The second-order valence-electron chi connectivity index (χ2n) is 10.1. The lowest BCUT2D eigenvalue weighted by atomic mass is 9.78. The predicted octanol–water partition coefficient (Wildman–Crippen LogP) is 5.90. The van der Waals surface area contributed by atoms with Crippen molar-refractivity contribution in [3.8, 4) is 5.88 Å². The van der Waals surface area contributed by atoms with Crippen LogP contribution in [-0.4, -0.2) is 26.7 Å². The van der Waals surface area contributed by atoms with Gasteiger partial charge in [-0.25, -0.2) is 4.68 Å². The van der Waals surface area contributed by atoms with E-state index in [9.17, 15) is 0 Å². The summed E-state index contributed by atoms with van der Waals surface area (Å²) in [5.74, 6) is 0.887. The van der Waals surface area contributed by atoms with Crippen LogP contribution in [0, 0.1) is 13.8 Å². The van der Waals surface area contributed by atoms with Crippen LogP contribution in [0.5, 0.6) is 5.88 Å². The van der Waals surface area contributed by atoms with Gasteiger partial charge in [-0.05, 0) is 58.3 Å². The molecule has 5 nitrogen and oxygen atoms in total. The summed E-state index contributed by atoms with van der Waals surface area (Å²) >= 11 is 0. The van der Waals surface area contributed by atoms with E-state index in [-0.39, 0.29) is 16.9 Å². The third-order valence-electron chi connectivity index (χ3n) is 5.85. The van der Waals surface area contributed by atoms with Crippen LogP contribution in [0.1, 0.15) is 103 Å². The predicted molar refractivity (Wildman–Crippen MR) is 117 cm³/mol. The standard InChI is InChI=1S/C23H40N4O/c1-15(2)26-18(5)20(17(4)25-26)23(9,10)13-12-16(3)27-21(28-11)19(14-24-27)22(6,7)8/h14-16H,12-13H2,1-11H3. The summed E-state index contributed by atoms with van der Waals surface area (Å²) < 4.78 is 9.94. The number of rotatable bonds is 7. The van der Waals surface area contributed by atoms with Crippen LogP contribution in [0.2, 0.25) is 0 Å². The van der Waals surface area contributed by atoms with E-state index >= 15 is 0 Å². The highest BCUT2D eigenvalue weighted by Crippen LogP contribution is 2.38. The monoisotopic (exact) mass is 388 g/mol. The number of hydrogen-bond donors (Lipinski definition) is 0. The molecule has 2 aromatic rings. The van der Waals surface area contributed by atoms with Gasteiger partial charge >= 0.3 is 0 Å². The van der Waals surface area contributed by atoms with Gasteiger partial charge in [-0.2, -0.15) is 10.2 Å². The molecule has 1 atom stereocenters. The SMILES string of the molecule is COc1c(C(C)(C)C)cnn1C(C)CCC(C)(C)c1c(C)nn(C(C)C)c1C. The molecule has 0 N–H and O–H groups in total. The van der Waals surface area contributed by atoms with Gasteiger partial charge in [0.15, 0.2) is 0 Å². The molecule has 0 aliphatic heterocycles. The highest BCUT2D eigenvalue weighted by atomic mass is 16.5. The molecule has 0 radical (unpaired) electrons. The topological polar surface area (TPSA) is 44.9 Å². The summed E-state index contributed by atoms with van der Waals surface area (Å²) in [4.78, 5) is 0. The molecule has 2 rings (SSSR count). The van der Waals surface area contributed by atoms with E-state index in [0.29, 0.717) is 6.04 Å². The van der Waals surface area contributed by atoms with Gasteiger partial charge in [-0.15, -0.1) is 0 Å². The van der Waals surface area contributed by atoms with E-state index in [4.69, 9.17) is 9.84 Å². The Kier molecular flexibility index (Phi) is 6.37. The third kappa shape index (κ3) is 4.28. The zero-order chi connectivity index (χ0) is 21.4. The fourth-order valence-electron chi connectivity index (χ4n) is 4.35. The molecule has 2 heterocycles. The van der Waals surface area contributed by atoms with Crippen LogP contribution in [0.4, 0.5) is 0 Å². The van der Waals surface area contributed by atoms with Crippen LogP contribution in [0.3, 0.4) is 0 Å². The van der Waals surface area contributed by atoms with E-state index in [1.54, 1.807) is 7.11 Å². The first-order chi connectivity index (χ1) is 12.8. The van der Waals surface area contributed by atoms with E-state index in [1.807, 2.05) is 10.9 Å². The van der Waals surface area contributed by atoms with Crippen LogP contribution in [0.15, 0.2) is 6.20 Å². The van der Waals surface area contributed by atoms with Crippen molar-refractivity contribution in [3.63, 3.8) is 0 Å². The molecular formula is C23H40N4O. The van der Waals surface area contributed by atoms with Gasteiger partial charge in [-0.1, -0.05) is 34.6 Å². The normalized spacial score (nSPS) is 14.0. The maximum Gasteiger partial charge on any atom is 0.215 e. The van der Waals surface area contributed by atoms with Gasteiger partial charge in [0.2, 0.25) is 5.88 Å².